The van der Waals surface area contributed by atoms with Gasteiger partial charge < -0.3 is 5.11 Å². The van der Waals surface area contributed by atoms with Crippen LogP contribution in [0.25, 0.3) is 0 Å². The van der Waals surface area contributed by atoms with Gasteiger partial charge in [-0.15, -0.1) is 0 Å². The summed E-state index contributed by atoms with van der Waals surface area (Å²) in [6, 6.07) is 0. The van der Waals surface area contributed by atoms with Crippen LogP contribution in [0.4, 0.5) is 0 Å². The minimum Gasteiger partial charge on any atom is -0.499 e. The Labute approximate surface area is 171 Å². The van der Waals surface area contributed by atoms with Crippen LogP contribution in [0.2, 0.25) is 0 Å². The molecule has 0 aromatic carbocycles. The van der Waals surface area contributed by atoms with E-state index in [9.17, 15) is 0 Å². The van der Waals surface area contributed by atoms with E-state index in [2.05, 4.69) is 6.92 Å². The first-order valence-electron chi connectivity index (χ1n) is 9.78. The van der Waals surface area contributed by atoms with Crippen LogP contribution < -0.4 is 0 Å². The normalized spacial score (nSPS) is 21.4. The van der Waals surface area contributed by atoms with Gasteiger partial charge in [0.05, 0.1) is 0 Å². The van der Waals surface area contributed by atoms with Crippen LogP contribution in [-0.2, 0) is 0 Å². The zero-order valence-corrected chi connectivity index (χ0v) is 18.4. The van der Waals surface area contributed by atoms with Gasteiger partial charge >= 0.3 is 0 Å². The summed E-state index contributed by atoms with van der Waals surface area (Å²) >= 11 is 5.42. The fourth-order valence-electron chi connectivity index (χ4n) is 4.01. The van der Waals surface area contributed by atoms with E-state index in [-0.39, 0.29) is 34.8 Å². The largest absolute Gasteiger partial charge is 0.499 e. The summed E-state index contributed by atoms with van der Waals surface area (Å²) < 4.78 is 0. The molecule has 1 saturated carbocycles. The van der Waals surface area contributed by atoms with Crippen molar-refractivity contribution >= 4 is 41.2 Å². The number of halogens is 1. The Balaban J connectivity index is 0.00000484. The molecule has 0 aliphatic heterocycles. The van der Waals surface area contributed by atoms with Gasteiger partial charge in [-0.25, -0.2) is 0 Å². The Hall–Kier alpha value is 0.830. The van der Waals surface area contributed by atoms with E-state index in [0.29, 0.717) is 0 Å². The number of rotatable bonds is 13. The van der Waals surface area contributed by atoms with Crippen LogP contribution in [0.3, 0.4) is 0 Å². The summed E-state index contributed by atoms with van der Waals surface area (Å²) in [5.74, 6) is 2.03. The maximum atomic E-state index is 8.89. The first-order valence-corrected chi connectivity index (χ1v) is 10.2. The maximum absolute atomic E-state index is 8.89. The van der Waals surface area contributed by atoms with E-state index in [1.807, 2.05) is 0 Å². The van der Waals surface area contributed by atoms with Crippen LogP contribution in [0, 0.1) is 11.8 Å². The van der Waals surface area contributed by atoms with E-state index in [1.165, 1.54) is 83.5 Å². The molecule has 1 rings (SSSR count). The molecule has 0 amide bonds. The summed E-state index contributed by atoms with van der Waals surface area (Å²) in [7, 11) is 0. The third kappa shape index (κ3) is 12.8. The second-order valence-corrected chi connectivity index (χ2v) is 7.56. The van der Waals surface area contributed by atoms with Crippen molar-refractivity contribution in [2.45, 2.75) is 103 Å². The van der Waals surface area contributed by atoms with Gasteiger partial charge in [0.2, 0.25) is 0 Å². The summed E-state index contributed by atoms with van der Waals surface area (Å²) in [5, 5.41) is 8.85. The Morgan fingerprint density at radius 3 is 2.00 bits per heavy atom. The molecule has 3 heteroatoms. The molecule has 1 aliphatic rings. The summed E-state index contributed by atoms with van der Waals surface area (Å²) in [6.45, 7) is 2.29. The van der Waals surface area contributed by atoms with Crippen LogP contribution >= 0.6 is 11.6 Å². The number of hydrogen-bond acceptors (Lipinski definition) is 1. The Kier molecular flexibility index (Phi) is 16.9. The molecule has 131 valence electrons. The molecule has 1 N–H and O–H groups in total. The molecule has 0 heterocycles. The van der Waals surface area contributed by atoms with Crippen molar-refractivity contribution in [3.8, 4) is 0 Å². The van der Waals surface area contributed by atoms with E-state index < -0.39 is 0 Å². The molecule has 0 aromatic heterocycles. The smallest absolute Gasteiger partial charge is 0.180 e. The Morgan fingerprint density at radius 2 is 1.43 bits per heavy atom. The number of aliphatic hydroxyl groups excluding tert-OH is 1. The van der Waals surface area contributed by atoms with Crippen LogP contribution in [0.1, 0.15) is 103 Å². The number of aliphatic hydroxyl groups is 1. The number of hydrogen-bond donors (Lipinski definition) is 1. The monoisotopic (exact) mass is 351 g/mol. The van der Waals surface area contributed by atoms with Crippen LogP contribution in [-0.4, -0.2) is 34.7 Å². The van der Waals surface area contributed by atoms with Gasteiger partial charge in [0.1, 0.15) is 0 Å². The molecule has 1 nitrogen and oxygen atoms in total. The van der Waals surface area contributed by atoms with Gasteiger partial charge in [-0.1, -0.05) is 90.4 Å². The molecule has 1 fully saturated rings. The van der Waals surface area contributed by atoms with Crippen LogP contribution in [0.5, 0.6) is 0 Å². The van der Waals surface area contributed by atoms with E-state index >= 15 is 0 Å². The average Bonchev–Trinajstić information content (AvgIpc) is 2.93. The Morgan fingerprint density at radius 1 is 0.913 bits per heavy atom. The molecular weight excluding hydrogens is 315 g/mol. The molecule has 0 bridgehead atoms. The quantitative estimate of drug-likeness (QED) is 0.209. The molecule has 0 spiro atoms. The third-order valence-corrected chi connectivity index (χ3v) is 5.49. The van der Waals surface area contributed by atoms with Gasteiger partial charge in [0.25, 0.3) is 0 Å². The van der Waals surface area contributed by atoms with Gasteiger partial charge in [0.15, 0.2) is 5.22 Å². The molecule has 1 radical (unpaired) electrons. The molecule has 1 aliphatic carbocycles. The molecular formula is C20H37ClNaO. The van der Waals surface area contributed by atoms with E-state index in [4.69, 9.17) is 16.7 Å². The van der Waals surface area contributed by atoms with Crippen molar-refractivity contribution in [2.75, 3.05) is 0 Å². The zero-order valence-electron chi connectivity index (χ0n) is 15.7. The van der Waals surface area contributed by atoms with Crippen molar-refractivity contribution < 1.29 is 5.11 Å². The molecule has 23 heavy (non-hydrogen) atoms. The topological polar surface area (TPSA) is 20.2 Å². The van der Waals surface area contributed by atoms with E-state index in [0.717, 1.165) is 24.7 Å². The fourth-order valence-corrected chi connectivity index (χ4v) is 4.12. The van der Waals surface area contributed by atoms with Gasteiger partial charge in [-0.3, -0.25) is 0 Å². The second-order valence-electron chi connectivity index (χ2n) is 7.17. The summed E-state index contributed by atoms with van der Waals surface area (Å²) in [4.78, 5) is 0. The number of unbranched alkanes of at least 4 members (excludes halogenated alkanes) is 8. The minimum absolute atomic E-state index is 0. The molecule has 0 unspecified atom stereocenters. The maximum Gasteiger partial charge on any atom is 0.180 e. The van der Waals surface area contributed by atoms with Gasteiger partial charge in [-0.2, -0.15) is 0 Å². The van der Waals surface area contributed by atoms with Crippen molar-refractivity contribution in [3.63, 3.8) is 0 Å². The Bertz CT molecular complexity index is 289. The predicted octanol–water partition coefficient (Wildman–Crippen LogP) is 7.36. The first-order chi connectivity index (χ1) is 10.7. The summed E-state index contributed by atoms with van der Waals surface area (Å²) in [5.41, 5.74) is 0. The third-order valence-electron chi connectivity index (χ3n) is 5.34. The van der Waals surface area contributed by atoms with Gasteiger partial charge in [0, 0.05) is 29.6 Å². The minimum atomic E-state index is -0.0465. The zero-order chi connectivity index (χ0) is 16.0. The van der Waals surface area contributed by atoms with E-state index in [1.54, 1.807) is 6.08 Å². The van der Waals surface area contributed by atoms with Gasteiger partial charge in [-0.05, 0) is 42.4 Å². The predicted molar refractivity (Wildman–Crippen MR) is 104 cm³/mol. The molecule has 0 saturated heterocycles. The standard InChI is InChI=1S/C20H37ClO.Na/c1-2-3-4-5-6-9-13-18-15-12-16-19(18)14-10-7-8-11-17-20(21)22;/h17-19,22H,2-16H2,1H3;/t18-,19-;/m0./s1. The molecule has 0 aromatic rings. The first kappa shape index (κ1) is 23.8. The number of allylic oxidation sites excluding steroid dienone is 1. The average molecular weight is 352 g/mol. The van der Waals surface area contributed by atoms with Crippen molar-refractivity contribution in [2.24, 2.45) is 11.8 Å². The fraction of sp³-hybridized carbons (Fsp3) is 0.900. The summed E-state index contributed by atoms with van der Waals surface area (Å²) in [6.07, 6.45) is 22.4. The van der Waals surface area contributed by atoms with Crippen molar-refractivity contribution in [3.05, 3.63) is 11.3 Å². The SMILES string of the molecule is CCCCCCCC[C@H]1CCC[C@@H]1CCCCCC=C(O)Cl.[Na]. The van der Waals surface area contributed by atoms with Crippen LogP contribution in [0.15, 0.2) is 11.3 Å². The van der Waals surface area contributed by atoms with Crippen molar-refractivity contribution in [1.29, 1.82) is 0 Å². The second kappa shape index (κ2) is 16.3. The molecule has 2 atom stereocenters. The van der Waals surface area contributed by atoms with Crippen molar-refractivity contribution in [1.82, 2.24) is 0 Å².